The number of hydrogen-bond acceptors (Lipinski definition) is 3. The number of likely N-dealkylation sites (N-methyl/N-ethyl adjacent to an activating group) is 1. The maximum atomic E-state index is 12.2. The third-order valence-corrected chi connectivity index (χ3v) is 3.29. The number of amides is 1. The molecule has 0 aliphatic carbocycles. The molecule has 1 amide bonds. The topological polar surface area (TPSA) is 66.8 Å². The molecule has 0 unspecified atom stereocenters. The quantitative estimate of drug-likeness (QED) is 0.899. The molecule has 2 atom stereocenters. The molecule has 1 aromatic carbocycles. The Morgan fingerprint density at radius 2 is 2.00 bits per heavy atom. The minimum atomic E-state index is -1.01. The number of anilines is 1. The smallest absolute Gasteiger partial charge is 0.332 e. The van der Waals surface area contributed by atoms with Gasteiger partial charge in [0.25, 0.3) is 5.91 Å². The van der Waals surface area contributed by atoms with E-state index in [0.717, 1.165) is 11.3 Å². The monoisotopic (exact) mass is 263 g/mol. The largest absolute Gasteiger partial charge is 0.479 e. The Kier molecular flexibility index (Phi) is 3.85. The summed E-state index contributed by atoms with van der Waals surface area (Å²) >= 11 is 0. The van der Waals surface area contributed by atoms with Crippen LogP contribution in [0.25, 0.3) is 0 Å². The van der Waals surface area contributed by atoms with Crippen molar-refractivity contribution >= 4 is 17.6 Å². The molecule has 1 aliphatic rings. The Bertz CT molecular complexity index is 500. The molecular weight excluding hydrogens is 246 g/mol. The molecule has 0 radical (unpaired) electrons. The van der Waals surface area contributed by atoms with Crippen LogP contribution in [0, 0.1) is 6.92 Å². The fourth-order valence-electron chi connectivity index (χ4n) is 2.18. The molecule has 102 valence electrons. The van der Waals surface area contributed by atoms with Crippen molar-refractivity contribution in [3.63, 3.8) is 0 Å². The number of hydrogen-bond donors (Lipinski definition) is 1. The van der Waals surface area contributed by atoms with Crippen molar-refractivity contribution < 1.29 is 19.4 Å². The van der Waals surface area contributed by atoms with Gasteiger partial charge in [-0.25, -0.2) is 4.79 Å². The minimum Gasteiger partial charge on any atom is -0.479 e. The molecule has 5 heteroatoms. The lowest BCUT2D eigenvalue weighted by Crippen LogP contribution is -2.37. The number of ether oxygens (including phenoxy) is 1. The average molecular weight is 263 g/mol. The summed E-state index contributed by atoms with van der Waals surface area (Å²) in [5.41, 5.74) is 1.85. The van der Waals surface area contributed by atoms with E-state index in [2.05, 4.69) is 0 Å². The van der Waals surface area contributed by atoms with Crippen LogP contribution in [0.3, 0.4) is 0 Å². The van der Waals surface area contributed by atoms with Crippen molar-refractivity contribution in [1.82, 2.24) is 0 Å². The van der Waals surface area contributed by atoms with Crippen LogP contribution >= 0.6 is 0 Å². The van der Waals surface area contributed by atoms with Crippen molar-refractivity contribution in [2.45, 2.75) is 32.0 Å². The Balaban J connectivity index is 2.06. The van der Waals surface area contributed by atoms with Gasteiger partial charge in [-0.05, 0) is 37.5 Å². The number of carbonyl (C=O) groups excluding carboxylic acids is 1. The second-order valence-corrected chi connectivity index (χ2v) is 4.77. The first-order chi connectivity index (χ1) is 8.99. The molecule has 2 rings (SSSR count). The van der Waals surface area contributed by atoms with Crippen LogP contribution in [0.1, 0.15) is 18.4 Å². The van der Waals surface area contributed by atoms with E-state index in [1.54, 1.807) is 7.05 Å². The number of benzene rings is 1. The zero-order chi connectivity index (χ0) is 14.0. The van der Waals surface area contributed by atoms with Crippen LogP contribution < -0.4 is 4.90 Å². The Hall–Kier alpha value is -1.88. The van der Waals surface area contributed by atoms with Crippen molar-refractivity contribution in [1.29, 1.82) is 0 Å². The van der Waals surface area contributed by atoms with Gasteiger partial charge < -0.3 is 14.7 Å². The van der Waals surface area contributed by atoms with Crippen LogP contribution in [0.15, 0.2) is 24.3 Å². The fourth-order valence-corrected chi connectivity index (χ4v) is 2.18. The van der Waals surface area contributed by atoms with E-state index in [1.165, 1.54) is 4.90 Å². The molecule has 0 saturated carbocycles. The number of aryl methyl sites for hydroxylation is 1. The number of carboxylic acid groups (broad SMARTS) is 1. The van der Waals surface area contributed by atoms with Gasteiger partial charge in [0.1, 0.15) is 6.10 Å². The zero-order valence-corrected chi connectivity index (χ0v) is 11.0. The minimum absolute atomic E-state index is 0.200. The first kappa shape index (κ1) is 13.5. The molecule has 1 aliphatic heterocycles. The summed E-state index contributed by atoms with van der Waals surface area (Å²) in [6.45, 7) is 1.95. The van der Waals surface area contributed by atoms with Crippen LogP contribution in [-0.4, -0.2) is 36.2 Å². The number of carbonyl (C=O) groups is 2. The molecular formula is C14H17NO4. The maximum absolute atomic E-state index is 12.2. The van der Waals surface area contributed by atoms with Gasteiger partial charge in [-0.2, -0.15) is 0 Å². The standard InChI is InChI=1S/C14H17NO4/c1-9-4-3-5-10(8-9)15(2)13(16)11-6-7-12(19-11)14(17)18/h3-5,8,11-12H,6-7H2,1-2H3,(H,17,18)/t11-,12+/m0/s1. The second kappa shape index (κ2) is 5.40. The summed E-state index contributed by atoms with van der Waals surface area (Å²) in [6, 6.07) is 7.58. The Morgan fingerprint density at radius 3 is 2.58 bits per heavy atom. The van der Waals surface area contributed by atoms with Crippen LogP contribution in [0.4, 0.5) is 5.69 Å². The highest BCUT2D eigenvalue weighted by molar-refractivity contribution is 5.96. The van der Waals surface area contributed by atoms with Crippen molar-refractivity contribution in [3.8, 4) is 0 Å². The van der Waals surface area contributed by atoms with E-state index in [0.29, 0.717) is 12.8 Å². The lowest BCUT2D eigenvalue weighted by Gasteiger charge is -2.21. The normalized spacial score (nSPS) is 22.2. The highest BCUT2D eigenvalue weighted by atomic mass is 16.5. The van der Waals surface area contributed by atoms with Crippen LogP contribution in [0.2, 0.25) is 0 Å². The summed E-state index contributed by atoms with van der Waals surface area (Å²) in [6.07, 6.45) is -0.689. The molecule has 1 heterocycles. The molecule has 1 fully saturated rings. The van der Waals surface area contributed by atoms with Crippen molar-refractivity contribution in [3.05, 3.63) is 29.8 Å². The highest BCUT2D eigenvalue weighted by Gasteiger charge is 2.36. The van der Waals surface area contributed by atoms with E-state index in [9.17, 15) is 9.59 Å². The van der Waals surface area contributed by atoms with E-state index in [-0.39, 0.29) is 5.91 Å². The average Bonchev–Trinajstić information content (AvgIpc) is 2.86. The third-order valence-electron chi connectivity index (χ3n) is 3.29. The van der Waals surface area contributed by atoms with Crippen LogP contribution in [-0.2, 0) is 14.3 Å². The summed E-state index contributed by atoms with van der Waals surface area (Å²) in [7, 11) is 1.68. The van der Waals surface area contributed by atoms with Gasteiger partial charge in [0, 0.05) is 12.7 Å². The second-order valence-electron chi connectivity index (χ2n) is 4.77. The molecule has 0 spiro atoms. The van der Waals surface area contributed by atoms with Gasteiger partial charge in [0.15, 0.2) is 6.10 Å². The third kappa shape index (κ3) is 2.93. The highest BCUT2D eigenvalue weighted by Crippen LogP contribution is 2.23. The zero-order valence-electron chi connectivity index (χ0n) is 11.0. The first-order valence-corrected chi connectivity index (χ1v) is 6.21. The van der Waals surface area contributed by atoms with Gasteiger partial charge in [-0.1, -0.05) is 12.1 Å². The van der Waals surface area contributed by atoms with Crippen LogP contribution in [0.5, 0.6) is 0 Å². The van der Waals surface area contributed by atoms with Gasteiger partial charge >= 0.3 is 5.97 Å². The van der Waals surface area contributed by atoms with Gasteiger partial charge in [-0.15, -0.1) is 0 Å². The lowest BCUT2D eigenvalue weighted by atomic mass is 10.1. The molecule has 19 heavy (non-hydrogen) atoms. The fraction of sp³-hybridized carbons (Fsp3) is 0.429. The Labute approximate surface area is 111 Å². The lowest BCUT2D eigenvalue weighted by molar-refractivity contribution is -0.151. The molecule has 0 aromatic heterocycles. The number of rotatable bonds is 3. The Morgan fingerprint density at radius 1 is 1.32 bits per heavy atom. The maximum Gasteiger partial charge on any atom is 0.332 e. The van der Waals surface area contributed by atoms with E-state index in [1.807, 2.05) is 31.2 Å². The molecule has 1 aromatic rings. The number of carboxylic acids is 1. The summed E-state index contributed by atoms with van der Waals surface area (Å²) in [4.78, 5) is 24.6. The summed E-state index contributed by atoms with van der Waals surface area (Å²) in [5, 5.41) is 8.85. The molecule has 5 nitrogen and oxygen atoms in total. The van der Waals surface area contributed by atoms with E-state index in [4.69, 9.17) is 9.84 Å². The van der Waals surface area contributed by atoms with Gasteiger partial charge in [0.2, 0.25) is 0 Å². The van der Waals surface area contributed by atoms with Gasteiger partial charge in [-0.3, -0.25) is 4.79 Å². The molecule has 1 N–H and O–H groups in total. The summed E-state index contributed by atoms with van der Waals surface area (Å²) in [5.74, 6) is -1.21. The molecule has 0 bridgehead atoms. The van der Waals surface area contributed by atoms with Crippen molar-refractivity contribution in [2.24, 2.45) is 0 Å². The number of nitrogens with zero attached hydrogens (tertiary/aromatic N) is 1. The molecule has 1 saturated heterocycles. The number of aliphatic carboxylic acids is 1. The van der Waals surface area contributed by atoms with E-state index >= 15 is 0 Å². The first-order valence-electron chi connectivity index (χ1n) is 6.21. The predicted molar refractivity (Wildman–Crippen MR) is 70.1 cm³/mol. The summed E-state index contributed by atoms with van der Waals surface area (Å²) < 4.78 is 5.27. The predicted octanol–water partition coefficient (Wildman–Crippen LogP) is 1.59. The SMILES string of the molecule is Cc1cccc(N(C)C(=O)[C@@H]2CC[C@H](C(=O)O)O2)c1. The van der Waals surface area contributed by atoms with Crippen molar-refractivity contribution in [2.75, 3.05) is 11.9 Å². The van der Waals surface area contributed by atoms with Gasteiger partial charge in [0.05, 0.1) is 0 Å². The van der Waals surface area contributed by atoms with E-state index < -0.39 is 18.2 Å².